The number of aryl methyl sites for hydroxylation is 1. The minimum atomic E-state index is -0.554. The van der Waals surface area contributed by atoms with Crippen molar-refractivity contribution in [3.8, 4) is 0 Å². The number of pyridine rings is 1. The summed E-state index contributed by atoms with van der Waals surface area (Å²) in [6.07, 6.45) is 5.07. The van der Waals surface area contributed by atoms with Gasteiger partial charge in [-0.2, -0.15) is 0 Å². The van der Waals surface area contributed by atoms with E-state index in [4.69, 9.17) is 4.74 Å². The van der Waals surface area contributed by atoms with Crippen molar-refractivity contribution in [1.82, 2.24) is 15.2 Å². The average Bonchev–Trinajstić information content (AvgIpc) is 3.46. The molecule has 6 nitrogen and oxygen atoms in total. The van der Waals surface area contributed by atoms with Crippen molar-refractivity contribution in [1.29, 1.82) is 0 Å². The van der Waals surface area contributed by atoms with Crippen molar-refractivity contribution in [3.05, 3.63) is 65.5 Å². The van der Waals surface area contributed by atoms with Gasteiger partial charge >= 0.3 is 0 Å². The summed E-state index contributed by atoms with van der Waals surface area (Å²) >= 11 is 0. The average molecular weight is 365 g/mol. The first kappa shape index (κ1) is 17.7. The summed E-state index contributed by atoms with van der Waals surface area (Å²) in [5.74, 6) is -0.203. The monoisotopic (exact) mass is 365 g/mol. The molecule has 6 heteroatoms. The van der Waals surface area contributed by atoms with Crippen molar-refractivity contribution in [2.24, 2.45) is 0 Å². The fourth-order valence-corrected chi connectivity index (χ4v) is 3.96. The summed E-state index contributed by atoms with van der Waals surface area (Å²) in [5, 5.41) is 3.17. The number of benzene rings is 1. The topological polar surface area (TPSA) is 71.5 Å². The summed E-state index contributed by atoms with van der Waals surface area (Å²) in [4.78, 5) is 31.4. The van der Waals surface area contributed by atoms with Crippen LogP contribution in [0.25, 0.3) is 0 Å². The molecule has 2 amide bonds. The van der Waals surface area contributed by atoms with E-state index in [1.807, 2.05) is 31.2 Å². The van der Waals surface area contributed by atoms with Gasteiger partial charge in [0, 0.05) is 38.2 Å². The van der Waals surface area contributed by atoms with Crippen LogP contribution in [0.2, 0.25) is 0 Å². The highest BCUT2D eigenvalue weighted by molar-refractivity contribution is 5.97. The maximum atomic E-state index is 12.8. The number of hydrogen-bond acceptors (Lipinski definition) is 4. The van der Waals surface area contributed by atoms with Gasteiger partial charge in [-0.1, -0.05) is 18.2 Å². The Morgan fingerprint density at radius 1 is 1.11 bits per heavy atom. The Kier molecular flexibility index (Phi) is 4.23. The molecule has 2 aliphatic rings. The molecule has 0 atom stereocenters. The van der Waals surface area contributed by atoms with Crippen LogP contribution in [0.5, 0.6) is 0 Å². The van der Waals surface area contributed by atoms with Gasteiger partial charge in [0.1, 0.15) is 5.54 Å². The van der Waals surface area contributed by atoms with Gasteiger partial charge in [0.25, 0.3) is 11.8 Å². The summed E-state index contributed by atoms with van der Waals surface area (Å²) in [6, 6.07) is 11.0. The molecule has 1 aliphatic heterocycles. The lowest BCUT2D eigenvalue weighted by Gasteiger charge is -2.54. The van der Waals surface area contributed by atoms with E-state index in [0.29, 0.717) is 24.2 Å². The van der Waals surface area contributed by atoms with Crippen molar-refractivity contribution < 1.29 is 14.3 Å². The van der Waals surface area contributed by atoms with Crippen LogP contribution in [0.4, 0.5) is 0 Å². The molecule has 1 aromatic heterocycles. The van der Waals surface area contributed by atoms with Crippen LogP contribution in [0.3, 0.4) is 0 Å². The molecule has 1 N–H and O–H groups in total. The van der Waals surface area contributed by atoms with Crippen LogP contribution in [0, 0.1) is 6.92 Å². The second kappa shape index (κ2) is 6.46. The molecule has 1 aliphatic carbocycles. The Morgan fingerprint density at radius 2 is 1.81 bits per heavy atom. The third-order valence-electron chi connectivity index (χ3n) is 5.69. The Balaban J connectivity index is 1.53. The SMILES string of the molecule is COC1(C2(NC(=O)c3ccccc3)CN(C(=O)c3cncc(C)c3)C2)CC1. The highest BCUT2D eigenvalue weighted by atomic mass is 16.5. The first-order chi connectivity index (χ1) is 13.0. The molecule has 27 heavy (non-hydrogen) atoms. The second-order valence-electron chi connectivity index (χ2n) is 7.51. The lowest BCUT2D eigenvalue weighted by Crippen LogP contribution is -2.77. The first-order valence-electron chi connectivity index (χ1n) is 9.12. The summed E-state index contributed by atoms with van der Waals surface area (Å²) in [6.45, 7) is 2.78. The number of likely N-dealkylation sites (tertiary alicyclic amines) is 1. The predicted molar refractivity (Wildman–Crippen MR) is 100 cm³/mol. The van der Waals surface area contributed by atoms with Crippen molar-refractivity contribution in [2.45, 2.75) is 30.9 Å². The van der Waals surface area contributed by atoms with E-state index < -0.39 is 5.54 Å². The lowest BCUT2D eigenvalue weighted by molar-refractivity contribution is -0.0709. The van der Waals surface area contributed by atoms with Gasteiger partial charge in [-0.3, -0.25) is 14.6 Å². The number of nitrogens with zero attached hydrogens (tertiary/aromatic N) is 2. The molecule has 1 aromatic carbocycles. The fraction of sp³-hybridized carbons (Fsp3) is 0.381. The van der Waals surface area contributed by atoms with Gasteiger partial charge in [-0.05, 0) is 43.5 Å². The fourth-order valence-electron chi connectivity index (χ4n) is 3.96. The highest BCUT2D eigenvalue weighted by Gasteiger charge is 2.66. The first-order valence-corrected chi connectivity index (χ1v) is 9.12. The molecule has 1 saturated heterocycles. The summed E-state index contributed by atoms with van der Waals surface area (Å²) in [7, 11) is 1.68. The van der Waals surface area contributed by atoms with Crippen LogP contribution < -0.4 is 5.32 Å². The molecule has 2 fully saturated rings. The Bertz CT molecular complexity index is 871. The molecular weight excluding hydrogens is 342 g/mol. The third kappa shape index (κ3) is 3.00. The zero-order chi connectivity index (χ0) is 19.1. The zero-order valence-corrected chi connectivity index (χ0v) is 15.6. The summed E-state index contributed by atoms with van der Waals surface area (Å²) < 4.78 is 5.78. The number of ether oxygens (including phenoxy) is 1. The van der Waals surface area contributed by atoms with Crippen molar-refractivity contribution in [3.63, 3.8) is 0 Å². The molecule has 0 unspecified atom stereocenters. The Hall–Kier alpha value is -2.73. The minimum absolute atomic E-state index is 0.0670. The number of hydrogen-bond donors (Lipinski definition) is 1. The molecule has 140 valence electrons. The minimum Gasteiger partial charge on any atom is -0.376 e. The number of rotatable bonds is 5. The standard InChI is InChI=1S/C21H23N3O3/c1-15-10-17(12-22-11-15)19(26)24-13-20(14-24,21(27-2)8-9-21)23-18(25)16-6-4-3-5-7-16/h3-7,10-12H,8-9,13-14H2,1-2H3,(H,23,25). The third-order valence-corrected chi connectivity index (χ3v) is 5.69. The van der Waals surface area contributed by atoms with E-state index >= 15 is 0 Å². The van der Waals surface area contributed by atoms with E-state index in [-0.39, 0.29) is 17.4 Å². The molecule has 0 radical (unpaired) electrons. The van der Waals surface area contributed by atoms with Gasteiger partial charge in [-0.25, -0.2) is 0 Å². The molecule has 2 heterocycles. The number of nitrogens with one attached hydrogen (secondary N) is 1. The number of amides is 2. The van der Waals surface area contributed by atoms with Crippen LogP contribution in [-0.2, 0) is 4.74 Å². The Labute approximate surface area is 158 Å². The largest absolute Gasteiger partial charge is 0.376 e. The summed E-state index contributed by atoms with van der Waals surface area (Å²) in [5.41, 5.74) is 1.18. The smallest absolute Gasteiger partial charge is 0.255 e. The lowest BCUT2D eigenvalue weighted by atomic mass is 9.80. The van der Waals surface area contributed by atoms with Crippen LogP contribution in [-0.4, -0.2) is 53.0 Å². The van der Waals surface area contributed by atoms with Crippen molar-refractivity contribution >= 4 is 11.8 Å². The highest BCUT2D eigenvalue weighted by Crippen LogP contribution is 2.51. The molecule has 0 spiro atoms. The predicted octanol–water partition coefficient (Wildman–Crippen LogP) is 2.19. The van der Waals surface area contributed by atoms with E-state index in [1.165, 1.54) is 0 Å². The quantitative estimate of drug-likeness (QED) is 0.882. The zero-order valence-electron chi connectivity index (χ0n) is 15.6. The Morgan fingerprint density at radius 3 is 2.41 bits per heavy atom. The van der Waals surface area contributed by atoms with Crippen LogP contribution in [0.1, 0.15) is 39.1 Å². The van der Waals surface area contributed by atoms with E-state index in [9.17, 15) is 9.59 Å². The number of aromatic nitrogens is 1. The maximum Gasteiger partial charge on any atom is 0.255 e. The molecular formula is C21H23N3O3. The van der Waals surface area contributed by atoms with Crippen LogP contribution in [0.15, 0.2) is 48.8 Å². The normalized spacial score (nSPS) is 19.1. The van der Waals surface area contributed by atoms with Crippen molar-refractivity contribution in [2.75, 3.05) is 20.2 Å². The second-order valence-corrected chi connectivity index (χ2v) is 7.51. The van der Waals surface area contributed by atoms with Gasteiger partial charge in [0.15, 0.2) is 0 Å². The van der Waals surface area contributed by atoms with E-state index in [1.54, 1.807) is 36.5 Å². The molecule has 4 rings (SSSR count). The molecule has 1 saturated carbocycles. The maximum absolute atomic E-state index is 12.8. The molecule has 2 aromatic rings. The van der Waals surface area contributed by atoms with Gasteiger partial charge < -0.3 is 15.0 Å². The number of carbonyl (C=O) groups is 2. The van der Waals surface area contributed by atoms with E-state index in [0.717, 1.165) is 18.4 Å². The molecule has 0 bridgehead atoms. The van der Waals surface area contributed by atoms with Crippen LogP contribution >= 0.6 is 0 Å². The van der Waals surface area contributed by atoms with Gasteiger partial charge in [0.2, 0.25) is 0 Å². The number of carbonyl (C=O) groups excluding carboxylic acids is 2. The van der Waals surface area contributed by atoms with E-state index in [2.05, 4.69) is 10.3 Å². The van der Waals surface area contributed by atoms with Gasteiger partial charge in [0.05, 0.1) is 11.2 Å². The number of methoxy groups -OCH3 is 1. The van der Waals surface area contributed by atoms with Gasteiger partial charge in [-0.15, -0.1) is 0 Å².